The molecule has 4 aliphatic heterocycles. The van der Waals surface area contributed by atoms with E-state index in [1.54, 1.807) is 34.8 Å². The molecule has 1 spiro atoms. The number of aliphatic hydroxyl groups excluding tert-OH is 2. The van der Waals surface area contributed by atoms with Crippen LogP contribution >= 0.6 is 0 Å². The molecule has 304 valence electrons. The third-order valence-corrected chi connectivity index (χ3v) is 12.6. The molecule has 4 aliphatic rings. The molecule has 0 bridgehead atoms. The van der Waals surface area contributed by atoms with Gasteiger partial charge in [-0.25, -0.2) is 0 Å². The lowest BCUT2D eigenvalue weighted by Gasteiger charge is -2.49. The van der Waals surface area contributed by atoms with Crippen LogP contribution in [0.4, 0.5) is 0 Å². The van der Waals surface area contributed by atoms with E-state index in [0.717, 1.165) is 0 Å². The molecule has 0 saturated carbocycles. The molecule has 0 aliphatic carbocycles. The van der Waals surface area contributed by atoms with Gasteiger partial charge >= 0.3 is 5.97 Å². The Morgan fingerprint density at radius 1 is 0.981 bits per heavy atom. The van der Waals surface area contributed by atoms with E-state index in [1.807, 2.05) is 53.6 Å². The largest absolute Gasteiger partial charge is 0.459 e. The second-order valence-electron chi connectivity index (χ2n) is 17.3. The molecule has 18 atom stereocenters. The lowest BCUT2D eigenvalue weighted by Crippen LogP contribution is -2.61. The highest BCUT2D eigenvalue weighted by atomic mass is 16.7. The van der Waals surface area contributed by atoms with Gasteiger partial charge in [0.2, 0.25) is 0 Å². The Balaban J connectivity index is 1.79. The summed E-state index contributed by atoms with van der Waals surface area (Å²) in [7, 11) is 5.42. The van der Waals surface area contributed by atoms with Gasteiger partial charge in [-0.1, -0.05) is 20.8 Å². The zero-order valence-electron chi connectivity index (χ0n) is 33.8. The molecule has 52 heavy (non-hydrogen) atoms. The molecule has 14 heteroatoms. The summed E-state index contributed by atoms with van der Waals surface area (Å²) in [5.74, 6) is -2.48. The minimum Gasteiger partial charge on any atom is -0.459 e. The van der Waals surface area contributed by atoms with Crippen LogP contribution < -0.4 is 5.32 Å². The van der Waals surface area contributed by atoms with Crippen molar-refractivity contribution in [3.63, 3.8) is 0 Å². The van der Waals surface area contributed by atoms with Crippen molar-refractivity contribution in [2.24, 2.45) is 17.8 Å². The second kappa shape index (κ2) is 16.6. The third-order valence-electron chi connectivity index (χ3n) is 12.6. The van der Waals surface area contributed by atoms with Gasteiger partial charge < -0.3 is 63.8 Å². The van der Waals surface area contributed by atoms with Gasteiger partial charge in [0.1, 0.15) is 35.1 Å². The van der Waals surface area contributed by atoms with E-state index in [-0.39, 0.29) is 30.9 Å². The van der Waals surface area contributed by atoms with Crippen LogP contribution in [0.1, 0.15) is 94.9 Å². The first-order valence-electron chi connectivity index (χ1n) is 19.3. The van der Waals surface area contributed by atoms with Gasteiger partial charge in [0.25, 0.3) is 0 Å². The number of carbonyl (C=O) groups is 1. The monoisotopic (exact) mass is 746 g/mol. The lowest BCUT2D eigenvalue weighted by molar-refractivity contribution is -0.315. The molecule has 4 heterocycles. The van der Waals surface area contributed by atoms with Gasteiger partial charge in [-0.05, 0) is 94.3 Å². The Kier molecular flexibility index (Phi) is 14.0. The summed E-state index contributed by atoms with van der Waals surface area (Å²) in [5.41, 5.74) is -4.68. The maximum Gasteiger partial charge on any atom is 0.311 e. The van der Waals surface area contributed by atoms with Crippen molar-refractivity contribution >= 4 is 5.97 Å². The van der Waals surface area contributed by atoms with Gasteiger partial charge in [-0.3, -0.25) is 4.79 Å². The number of methoxy groups -OCH3 is 1. The normalized spacial score (nSPS) is 51.5. The molecule has 5 N–H and O–H groups in total. The molecular formula is C38H70N2O12. The summed E-state index contributed by atoms with van der Waals surface area (Å²) in [4.78, 5) is 16.1. The molecule has 0 amide bonds. The van der Waals surface area contributed by atoms with Crippen LogP contribution in [-0.2, 0) is 38.0 Å². The van der Waals surface area contributed by atoms with E-state index < -0.39 is 95.5 Å². The third kappa shape index (κ3) is 8.84. The van der Waals surface area contributed by atoms with Crippen LogP contribution in [0.2, 0.25) is 0 Å². The Hall–Kier alpha value is -1.01. The number of cyclic esters (lactones) is 1. The molecule has 4 fully saturated rings. The number of likely N-dealkylation sites (N-methyl/N-ethyl adjacent to an activating group) is 1. The minimum absolute atomic E-state index is 0.139. The van der Waals surface area contributed by atoms with Gasteiger partial charge in [-0.2, -0.15) is 0 Å². The topological polar surface area (TPSA) is 181 Å². The van der Waals surface area contributed by atoms with E-state index in [2.05, 4.69) is 5.32 Å². The van der Waals surface area contributed by atoms with Crippen molar-refractivity contribution < 1.29 is 58.4 Å². The molecule has 0 radical (unpaired) electrons. The average Bonchev–Trinajstić information content (AvgIpc) is 3.88. The maximum atomic E-state index is 14.2. The smallest absolute Gasteiger partial charge is 0.311 e. The first-order valence-corrected chi connectivity index (χ1v) is 19.3. The lowest BCUT2D eigenvalue weighted by atomic mass is 9.77. The number of carbonyl (C=O) groups excluding carboxylic acids is 1. The minimum atomic E-state index is -1.78. The first kappa shape index (κ1) is 43.7. The summed E-state index contributed by atoms with van der Waals surface area (Å²) in [5, 5.41) is 50.2. The van der Waals surface area contributed by atoms with Crippen LogP contribution in [0.15, 0.2) is 0 Å². The average molecular weight is 747 g/mol. The number of hydrogen-bond acceptors (Lipinski definition) is 14. The predicted molar refractivity (Wildman–Crippen MR) is 192 cm³/mol. The number of hydrogen-bond donors (Lipinski definition) is 5. The van der Waals surface area contributed by atoms with Gasteiger partial charge in [0.05, 0.1) is 42.5 Å². The van der Waals surface area contributed by atoms with Crippen LogP contribution in [0.25, 0.3) is 0 Å². The number of aliphatic hydroxyl groups is 4. The zero-order valence-corrected chi connectivity index (χ0v) is 33.8. The molecule has 4 saturated heterocycles. The van der Waals surface area contributed by atoms with Crippen molar-refractivity contribution in [3.8, 4) is 0 Å². The standard InChI is InChI=1S/C38H70N2O12/c1-14-27-37(10,45)31(42)24(6)39-18-20(2)16-35(8,44)32(52-34-29(41)26(40(11)12)15-21(3)48-34)22(4)30(23(5)33(43)50-27)51-28-17-36(9,46-13)38(19-47-38)25(7)49-28/h20-32,34,39,41-42,44-45H,14-19H2,1-13H3/t20-,21-,22+,23-,24-,25+,26+,27+,28?,29+,30+,31-,32-,34+,35?,36-,37-,38?/m1/s1. The van der Waals surface area contributed by atoms with E-state index in [9.17, 15) is 25.2 Å². The quantitative estimate of drug-likeness (QED) is 0.189. The van der Waals surface area contributed by atoms with Crippen molar-refractivity contribution in [1.29, 1.82) is 0 Å². The Bertz CT molecular complexity index is 1180. The van der Waals surface area contributed by atoms with E-state index in [1.165, 1.54) is 6.92 Å². The summed E-state index contributed by atoms with van der Waals surface area (Å²) in [6, 6.07) is -0.831. The Morgan fingerprint density at radius 3 is 2.17 bits per heavy atom. The summed E-state index contributed by atoms with van der Waals surface area (Å²) >= 11 is 0. The fourth-order valence-electron chi connectivity index (χ4n) is 9.03. The number of esters is 1. The molecular weight excluding hydrogens is 676 g/mol. The van der Waals surface area contributed by atoms with E-state index >= 15 is 0 Å². The Labute approximate surface area is 311 Å². The van der Waals surface area contributed by atoms with Gasteiger partial charge in [0.15, 0.2) is 12.6 Å². The van der Waals surface area contributed by atoms with E-state index in [4.69, 9.17) is 33.2 Å². The van der Waals surface area contributed by atoms with Crippen LogP contribution in [0.3, 0.4) is 0 Å². The second-order valence-corrected chi connectivity index (χ2v) is 17.3. The van der Waals surface area contributed by atoms with E-state index in [0.29, 0.717) is 26.0 Å². The number of ether oxygens (including phenoxy) is 7. The molecule has 0 aromatic carbocycles. The fraction of sp³-hybridized carbons (Fsp3) is 0.974. The first-order chi connectivity index (χ1) is 24.0. The van der Waals surface area contributed by atoms with Crippen LogP contribution in [0, 0.1) is 17.8 Å². The number of nitrogens with one attached hydrogen (secondary N) is 1. The summed E-state index contributed by atoms with van der Waals surface area (Å²) in [6.45, 7) is 18.9. The SMILES string of the molecule is CC[C@@H]1OC(=O)[C@H](C)[C@@H](OC2C[C@@](C)(OC)C3(CO3)[C@H](C)O2)[C@H](C)[C@@H](O[C@@H]2O[C@H](C)C[C@H](N(C)C)[C@@H]2O)C(C)(O)C[C@@H](C)CN[C@H](C)[C@@H](O)[C@]1(C)O. The van der Waals surface area contributed by atoms with Crippen molar-refractivity contribution in [2.75, 3.05) is 34.4 Å². The van der Waals surface area contributed by atoms with Crippen molar-refractivity contribution in [1.82, 2.24) is 10.2 Å². The Morgan fingerprint density at radius 2 is 1.62 bits per heavy atom. The number of nitrogens with zero attached hydrogens (tertiary/aromatic N) is 1. The van der Waals surface area contributed by atoms with Crippen LogP contribution in [-0.4, -0.2) is 155 Å². The summed E-state index contributed by atoms with van der Waals surface area (Å²) < 4.78 is 44.1. The van der Waals surface area contributed by atoms with Crippen LogP contribution in [0.5, 0.6) is 0 Å². The number of epoxide rings is 1. The van der Waals surface area contributed by atoms with Gasteiger partial charge in [0, 0.05) is 31.5 Å². The predicted octanol–water partition coefficient (Wildman–Crippen LogP) is 1.97. The molecule has 0 aromatic heterocycles. The zero-order chi connectivity index (χ0) is 39.1. The molecule has 3 unspecified atom stereocenters. The molecule has 0 aromatic rings. The fourth-order valence-corrected chi connectivity index (χ4v) is 9.03. The highest BCUT2D eigenvalue weighted by Crippen LogP contribution is 2.51. The van der Waals surface area contributed by atoms with Gasteiger partial charge in [-0.15, -0.1) is 0 Å². The van der Waals surface area contributed by atoms with Crippen molar-refractivity contribution in [2.45, 2.75) is 185 Å². The molecule has 4 rings (SSSR count). The maximum absolute atomic E-state index is 14.2. The highest BCUT2D eigenvalue weighted by Gasteiger charge is 2.67. The summed E-state index contributed by atoms with van der Waals surface area (Å²) in [6.07, 6.45) is -6.51. The number of rotatable bonds is 7. The molecule has 14 nitrogen and oxygen atoms in total. The highest BCUT2D eigenvalue weighted by molar-refractivity contribution is 5.73. The van der Waals surface area contributed by atoms with Crippen molar-refractivity contribution in [3.05, 3.63) is 0 Å².